The number of aryl methyl sites for hydroxylation is 1. The first kappa shape index (κ1) is 11.7. The lowest BCUT2D eigenvalue weighted by Crippen LogP contribution is -2.26. The fraction of sp³-hybridized carbons (Fsp3) is 0.455. The number of aliphatic hydroxyl groups is 1. The molecule has 0 aliphatic carbocycles. The van der Waals surface area contributed by atoms with Crippen LogP contribution in [0.4, 0.5) is 0 Å². The summed E-state index contributed by atoms with van der Waals surface area (Å²) in [6.45, 7) is 3.63. The Morgan fingerprint density at radius 3 is 2.33 bits per heavy atom. The molecule has 0 heterocycles. The molecule has 1 aromatic carbocycles. The summed E-state index contributed by atoms with van der Waals surface area (Å²) in [5, 5.41) is 20.5. The third kappa shape index (κ3) is 2.76. The number of rotatable bonds is 4. The van der Waals surface area contributed by atoms with Crippen molar-refractivity contribution in [2.75, 3.05) is 0 Å². The fourth-order valence-corrected chi connectivity index (χ4v) is 1.47. The monoisotopic (exact) mass is 209 g/mol. The van der Waals surface area contributed by atoms with Gasteiger partial charge in [-0.05, 0) is 12.5 Å². The van der Waals surface area contributed by atoms with E-state index in [1.807, 2.05) is 19.1 Å². The Labute approximate surface area is 88.7 Å². The lowest BCUT2D eigenvalue weighted by Gasteiger charge is -2.14. The molecule has 1 rings (SSSR count). The maximum atomic E-state index is 10.7. The minimum Gasteiger partial charge on any atom is -0.381 e. The quantitative estimate of drug-likeness (QED) is 0.610. The van der Waals surface area contributed by atoms with Gasteiger partial charge in [-0.1, -0.05) is 36.8 Å². The van der Waals surface area contributed by atoms with Crippen LogP contribution >= 0.6 is 0 Å². The van der Waals surface area contributed by atoms with Crippen molar-refractivity contribution in [2.24, 2.45) is 0 Å². The maximum absolute atomic E-state index is 10.7. The van der Waals surface area contributed by atoms with Gasteiger partial charge in [0.25, 0.3) is 0 Å². The van der Waals surface area contributed by atoms with Crippen LogP contribution in [0.15, 0.2) is 24.3 Å². The van der Waals surface area contributed by atoms with E-state index in [0.717, 1.165) is 5.56 Å². The summed E-state index contributed by atoms with van der Waals surface area (Å²) in [7, 11) is 0. The summed E-state index contributed by atoms with van der Waals surface area (Å²) in [5.74, 6) is 0. The van der Waals surface area contributed by atoms with Gasteiger partial charge in [0.15, 0.2) is 0 Å². The zero-order valence-electron chi connectivity index (χ0n) is 8.88. The van der Waals surface area contributed by atoms with E-state index < -0.39 is 17.1 Å². The number of benzene rings is 1. The van der Waals surface area contributed by atoms with Gasteiger partial charge in [0.2, 0.25) is 6.04 Å². The SMILES string of the molecule is CC[C@@H]([C@H](O)c1ccc(C)cc1)[N+](=O)[O-]. The molecule has 0 bridgehead atoms. The second-order valence-electron chi connectivity index (χ2n) is 3.62. The Bertz CT molecular complexity index is 334. The average molecular weight is 209 g/mol. The molecule has 1 aromatic rings. The first-order valence-electron chi connectivity index (χ1n) is 4.94. The minimum atomic E-state index is -1.02. The van der Waals surface area contributed by atoms with E-state index >= 15 is 0 Å². The topological polar surface area (TPSA) is 63.4 Å². The van der Waals surface area contributed by atoms with Gasteiger partial charge in [-0.3, -0.25) is 10.1 Å². The summed E-state index contributed by atoms with van der Waals surface area (Å²) in [5.41, 5.74) is 1.67. The molecule has 4 nitrogen and oxygen atoms in total. The van der Waals surface area contributed by atoms with Gasteiger partial charge in [-0.15, -0.1) is 0 Å². The van der Waals surface area contributed by atoms with Crippen LogP contribution in [0.2, 0.25) is 0 Å². The Kier molecular flexibility index (Phi) is 3.80. The predicted molar refractivity (Wildman–Crippen MR) is 57.2 cm³/mol. The van der Waals surface area contributed by atoms with Crippen molar-refractivity contribution in [2.45, 2.75) is 32.4 Å². The summed E-state index contributed by atoms with van der Waals surface area (Å²) in [6, 6.07) is 6.21. The van der Waals surface area contributed by atoms with Crippen LogP contribution in [0.25, 0.3) is 0 Å². The maximum Gasteiger partial charge on any atom is 0.242 e. The van der Waals surface area contributed by atoms with Crippen LogP contribution in [-0.4, -0.2) is 16.1 Å². The van der Waals surface area contributed by atoms with Gasteiger partial charge in [0, 0.05) is 11.3 Å². The lowest BCUT2D eigenvalue weighted by molar-refractivity contribution is -0.536. The number of nitrogens with zero attached hydrogens (tertiary/aromatic N) is 1. The van der Waals surface area contributed by atoms with Crippen molar-refractivity contribution < 1.29 is 10.0 Å². The van der Waals surface area contributed by atoms with Gasteiger partial charge in [0.05, 0.1) is 0 Å². The number of hydrogen-bond acceptors (Lipinski definition) is 3. The highest BCUT2D eigenvalue weighted by Crippen LogP contribution is 2.21. The van der Waals surface area contributed by atoms with E-state index in [9.17, 15) is 15.2 Å². The average Bonchev–Trinajstić information content (AvgIpc) is 2.19. The van der Waals surface area contributed by atoms with Crippen molar-refractivity contribution >= 4 is 0 Å². The molecule has 4 heteroatoms. The van der Waals surface area contributed by atoms with E-state index in [-0.39, 0.29) is 0 Å². The van der Waals surface area contributed by atoms with Crippen LogP contribution < -0.4 is 0 Å². The molecular weight excluding hydrogens is 194 g/mol. The second-order valence-corrected chi connectivity index (χ2v) is 3.62. The molecule has 0 aromatic heterocycles. The summed E-state index contributed by atoms with van der Waals surface area (Å²) >= 11 is 0. The summed E-state index contributed by atoms with van der Waals surface area (Å²) in [6.07, 6.45) is -0.701. The Morgan fingerprint density at radius 2 is 1.93 bits per heavy atom. The molecule has 0 unspecified atom stereocenters. The van der Waals surface area contributed by atoms with Crippen molar-refractivity contribution in [3.8, 4) is 0 Å². The smallest absolute Gasteiger partial charge is 0.242 e. The van der Waals surface area contributed by atoms with E-state index in [1.54, 1.807) is 19.1 Å². The molecule has 0 aliphatic heterocycles. The molecule has 0 spiro atoms. The van der Waals surface area contributed by atoms with E-state index in [2.05, 4.69) is 0 Å². The highest BCUT2D eigenvalue weighted by atomic mass is 16.6. The minimum absolute atomic E-state index is 0.321. The van der Waals surface area contributed by atoms with Gasteiger partial charge in [0.1, 0.15) is 6.10 Å². The Morgan fingerprint density at radius 1 is 1.40 bits per heavy atom. The molecule has 1 N–H and O–H groups in total. The molecular formula is C11H15NO3. The standard InChI is InChI=1S/C11H15NO3/c1-3-10(12(14)15)11(13)9-6-4-8(2)5-7-9/h4-7,10-11,13H,3H2,1-2H3/t10-,11+/m0/s1. The van der Waals surface area contributed by atoms with Gasteiger partial charge in [-0.2, -0.15) is 0 Å². The molecule has 0 radical (unpaired) electrons. The predicted octanol–water partition coefficient (Wildman–Crippen LogP) is 2.08. The van der Waals surface area contributed by atoms with Crippen LogP contribution in [0.5, 0.6) is 0 Å². The first-order valence-corrected chi connectivity index (χ1v) is 4.94. The first-order chi connectivity index (χ1) is 7.06. The largest absolute Gasteiger partial charge is 0.381 e. The number of nitro groups is 1. The highest BCUT2D eigenvalue weighted by molar-refractivity contribution is 5.23. The van der Waals surface area contributed by atoms with E-state index in [4.69, 9.17) is 0 Å². The second kappa shape index (κ2) is 4.89. The van der Waals surface area contributed by atoms with Crippen molar-refractivity contribution in [1.82, 2.24) is 0 Å². The molecule has 82 valence electrons. The van der Waals surface area contributed by atoms with Crippen molar-refractivity contribution in [3.05, 3.63) is 45.5 Å². The van der Waals surface area contributed by atoms with Crippen LogP contribution in [0, 0.1) is 17.0 Å². The van der Waals surface area contributed by atoms with E-state index in [1.165, 1.54) is 0 Å². The molecule has 15 heavy (non-hydrogen) atoms. The fourth-order valence-electron chi connectivity index (χ4n) is 1.47. The van der Waals surface area contributed by atoms with Crippen LogP contribution in [0.3, 0.4) is 0 Å². The van der Waals surface area contributed by atoms with Gasteiger partial charge in [-0.25, -0.2) is 0 Å². The van der Waals surface area contributed by atoms with Crippen LogP contribution in [0.1, 0.15) is 30.6 Å². The van der Waals surface area contributed by atoms with Crippen molar-refractivity contribution in [1.29, 1.82) is 0 Å². The third-order valence-corrected chi connectivity index (χ3v) is 2.47. The number of aliphatic hydroxyl groups excluding tert-OH is 1. The molecule has 0 saturated heterocycles. The molecule has 0 aliphatic rings. The van der Waals surface area contributed by atoms with Gasteiger partial charge >= 0.3 is 0 Å². The van der Waals surface area contributed by atoms with Crippen molar-refractivity contribution in [3.63, 3.8) is 0 Å². The molecule has 0 amide bonds. The molecule has 2 atom stereocenters. The normalized spacial score (nSPS) is 14.6. The highest BCUT2D eigenvalue weighted by Gasteiger charge is 2.28. The number of hydrogen-bond donors (Lipinski definition) is 1. The molecule has 0 fully saturated rings. The Hall–Kier alpha value is -1.42. The van der Waals surface area contributed by atoms with E-state index in [0.29, 0.717) is 12.0 Å². The molecule has 0 saturated carbocycles. The zero-order chi connectivity index (χ0) is 11.4. The zero-order valence-corrected chi connectivity index (χ0v) is 8.88. The van der Waals surface area contributed by atoms with Crippen LogP contribution in [-0.2, 0) is 0 Å². The lowest BCUT2D eigenvalue weighted by atomic mass is 10.00. The van der Waals surface area contributed by atoms with Gasteiger partial charge < -0.3 is 5.11 Å². The third-order valence-electron chi connectivity index (χ3n) is 2.47. The Balaban J connectivity index is 2.87. The summed E-state index contributed by atoms with van der Waals surface area (Å²) < 4.78 is 0. The summed E-state index contributed by atoms with van der Waals surface area (Å²) in [4.78, 5) is 10.2.